The lowest BCUT2D eigenvalue weighted by atomic mass is 9.70. The van der Waals surface area contributed by atoms with E-state index in [9.17, 15) is 14.7 Å². The summed E-state index contributed by atoms with van der Waals surface area (Å²) in [5, 5.41) is 13.0. The van der Waals surface area contributed by atoms with E-state index < -0.39 is 77.0 Å². The highest BCUT2D eigenvalue weighted by Gasteiger charge is 2.78. The van der Waals surface area contributed by atoms with Crippen LogP contribution in [0.4, 0.5) is 5.69 Å². The van der Waals surface area contributed by atoms with Gasteiger partial charge in [0.05, 0.1) is 36.6 Å². The summed E-state index contributed by atoms with van der Waals surface area (Å²) in [7, 11) is 1.68. The summed E-state index contributed by atoms with van der Waals surface area (Å²) in [6, 6.07) is 29.2. The number of aliphatic hydroxyl groups excluding tert-OH is 1. The molecule has 7 rings (SSSR count). The van der Waals surface area contributed by atoms with Crippen molar-refractivity contribution in [3.8, 4) is 0 Å². The Bertz CT molecular complexity index is 2150. The number of carbonyl (C=O) groups excluding carboxylic acids is 4. The number of hydrogen-bond acceptors (Lipinski definition) is 7. The predicted octanol–water partition coefficient (Wildman–Crippen LogP) is 6.94. The topological polar surface area (TPSA) is 117 Å². The fourth-order valence-corrected chi connectivity index (χ4v) is 9.99. The van der Waals surface area contributed by atoms with Crippen LogP contribution in [0.1, 0.15) is 49.5 Å². The van der Waals surface area contributed by atoms with Crippen molar-refractivity contribution < 1.29 is 33.8 Å². The van der Waals surface area contributed by atoms with Gasteiger partial charge in [-0.3, -0.25) is 19.2 Å². The number of rotatable bonds is 15. The molecule has 3 heterocycles. The number of aliphatic hydroxyl groups is 1. The highest BCUT2D eigenvalue weighted by Crippen LogP contribution is 2.62. The molecule has 4 aromatic rings. The fourth-order valence-electron chi connectivity index (χ4n) is 9.05. The van der Waals surface area contributed by atoms with Crippen LogP contribution >= 0.6 is 15.9 Å². The van der Waals surface area contributed by atoms with Gasteiger partial charge in [-0.05, 0) is 53.8 Å². The van der Waals surface area contributed by atoms with Crippen molar-refractivity contribution in [2.75, 3.05) is 25.1 Å². The van der Waals surface area contributed by atoms with E-state index in [1.165, 1.54) is 4.90 Å². The smallest absolute Gasteiger partial charge is 0.313 e. The second-order valence-corrected chi connectivity index (χ2v) is 16.3. The Morgan fingerprint density at radius 1 is 0.965 bits per heavy atom. The minimum Gasteiger partial charge on any atom is -0.455 e. The third-order valence-corrected chi connectivity index (χ3v) is 12.8. The van der Waals surface area contributed by atoms with E-state index in [2.05, 4.69) is 29.1 Å². The summed E-state index contributed by atoms with van der Waals surface area (Å²) < 4.78 is 13.3. The summed E-state index contributed by atoms with van der Waals surface area (Å²) in [5.41, 5.74) is 0.481. The summed E-state index contributed by atoms with van der Waals surface area (Å²) in [6.45, 7) is 9.16. The fraction of sp³-hybridized carbons (Fsp3) is 0.348. The molecular weight excluding hydrogens is 786 g/mol. The van der Waals surface area contributed by atoms with Gasteiger partial charge in [-0.25, -0.2) is 0 Å². The number of esters is 1. The lowest BCUT2D eigenvalue weighted by Crippen LogP contribution is -2.57. The normalized spacial score (nSPS) is 25.0. The van der Waals surface area contributed by atoms with Crippen molar-refractivity contribution in [3.05, 3.63) is 140 Å². The summed E-state index contributed by atoms with van der Waals surface area (Å²) >= 11 is 3.78. The Labute approximate surface area is 341 Å². The zero-order valence-corrected chi connectivity index (χ0v) is 33.7. The van der Waals surface area contributed by atoms with Crippen LogP contribution in [-0.4, -0.2) is 87.4 Å². The highest BCUT2D eigenvalue weighted by molar-refractivity contribution is 9.09. The Kier molecular flexibility index (Phi) is 11.8. The van der Waals surface area contributed by atoms with E-state index in [1.807, 2.05) is 110 Å². The minimum atomic E-state index is -1.44. The molecule has 296 valence electrons. The van der Waals surface area contributed by atoms with Gasteiger partial charge < -0.3 is 29.3 Å². The standard InChI is InChI=1S/C46H48BrN3O7/c1-5-7-22-37(52)48(4)29(3)40(32-19-12-9-13-20-32)56-45(55)38-39-43(53)50(36(28-51)31-17-10-8-11-18-31)42(46(39)27-35(47)41(38)57-46)44(54)49(25-6-2)34-24-23-30-16-14-15-21-33(30)26-34/h5-6,8-21,23-24,26,29,35-36,38-42,51H,1-2,7,22,25,27-28H2,3-4H3/t29-,35?,36+,38+,39-,40+,41+,42+,46-/m0/s1. The average Bonchev–Trinajstić information content (AvgIpc) is 3.84. The Hall–Kier alpha value is -5.10. The molecule has 3 aliphatic rings. The maximum Gasteiger partial charge on any atom is 0.313 e. The predicted molar refractivity (Wildman–Crippen MR) is 222 cm³/mol. The van der Waals surface area contributed by atoms with Crippen molar-refractivity contribution >= 4 is 56.1 Å². The largest absolute Gasteiger partial charge is 0.455 e. The number of amides is 3. The molecule has 10 nitrogen and oxygen atoms in total. The molecule has 9 atom stereocenters. The third kappa shape index (κ3) is 7.21. The lowest BCUT2D eigenvalue weighted by Gasteiger charge is -2.39. The molecule has 3 fully saturated rings. The first kappa shape index (κ1) is 40.1. The van der Waals surface area contributed by atoms with E-state index in [0.717, 1.165) is 10.8 Å². The number of allylic oxidation sites excluding steroid dienone is 1. The molecule has 1 N–H and O–H groups in total. The lowest BCUT2D eigenvalue weighted by molar-refractivity contribution is -0.165. The molecule has 57 heavy (non-hydrogen) atoms. The van der Waals surface area contributed by atoms with Crippen molar-refractivity contribution in [3.63, 3.8) is 0 Å². The number of hydrogen-bond donors (Lipinski definition) is 1. The molecule has 0 saturated carbocycles. The number of anilines is 1. The molecule has 3 amide bonds. The molecule has 11 heteroatoms. The number of alkyl halides is 1. The van der Waals surface area contributed by atoms with E-state index >= 15 is 9.59 Å². The van der Waals surface area contributed by atoms with Crippen molar-refractivity contribution in [1.82, 2.24) is 9.80 Å². The van der Waals surface area contributed by atoms with Crippen LogP contribution in [0.3, 0.4) is 0 Å². The van der Waals surface area contributed by atoms with Gasteiger partial charge >= 0.3 is 5.97 Å². The SMILES string of the molecule is C=CCCC(=O)N(C)[C@@H](C)[C@@H](OC(=O)[C@H]1[C@@H]2O[C@@]3(CC2Br)[C@@H]1C(=O)N([C@H](CO)c1ccccc1)[C@@H]3C(=O)N(CC=C)c1ccc2ccccc2c1)c1ccccc1. The summed E-state index contributed by atoms with van der Waals surface area (Å²) in [4.78, 5) is 62.8. The molecule has 0 radical (unpaired) electrons. The van der Waals surface area contributed by atoms with Gasteiger partial charge in [0.15, 0.2) is 0 Å². The van der Waals surface area contributed by atoms with Gasteiger partial charge in [0.25, 0.3) is 5.91 Å². The first-order valence-electron chi connectivity index (χ1n) is 19.4. The first-order chi connectivity index (χ1) is 27.6. The van der Waals surface area contributed by atoms with E-state index in [0.29, 0.717) is 23.2 Å². The molecule has 1 unspecified atom stereocenters. The minimum absolute atomic E-state index is 0.128. The van der Waals surface area contributed by atoms with E-state index in [-0.39, 0.29) is 25.3 Å². The van der Waals surface area contributed by atoms with Crippen LogP contribution in [0, 0.1) is 11.8 Å². The van der Waals surface area contributed by atoms with Crippen molar-refractivity contribution in [2.45, 2.75) is 66.9 Å². The summed E-state index contributed by atoms with van der Waals surface area (Å²) in [6.07, 6.45) is 2.67. The maximum absolute atomic E-state index is 15.4. The zero-order chi connectivity index (χ0) is 40.4. The van der Waals surface area contributed by atoms with E-state index in [4.69, 9.17) is 9.47 Å². The van der Waals surface area contributed by atoms with Gasteiger partial charge in [-0.15, -0.1) is 13.2 Å². The number of fused-ring (bicyclic) bond motifs is 2. The quantitative estimate of drug-likeness (QED) is 0.0785. The zero-order valence-electron chi connectivity index (χ0n) is 32.2. The van der Waals surface area contributed by atoms with Crippen LogP contribution < -0.4 is 4.90 Å². The van der Waals surface area contributed by atoms with Crippen LogP contribution in [0.5, 0.6) is 0 Å². The first-order valence-corrected chi connectivity index (χ1v) is 20.3. The number of halogens is 1. The van der Waals surface area contributed by atoms with Crippen LogP contribution in [0.15, 0.2) is 128 Å². The van der Waals surface area contributed by atoms with Gasteiger partial charge in [0.2, 0.25) is 11.8 Å². The molecule has 4 aromatic carbocycles. The van der Waals surface area contributed by atoms with Crippen LogP contribution in [-0.2, 0) is 28.7 Å². The third-order valence-electron chi connectivity index (χ3n) is 11.9. The van der Waals surface area contributed by atoms with Crippen LogP contribution in [0.2, 0.25) is 0 Å². The second kappa shape index (κ2) is 16.8. The Morgan fingerprint density at radius 3 is 2.26 bits per heavy atom. The molecule has 3 aliphatic heterocycles. The molecule has 3 saturated heterocycles. The molecule has 0 aromatic heterocycles. The monoisotopic (exact) mass is 833 g/mol. The number of carbonyl (C=O) groups is 4. The number of ether oxygens (including phenoxy) is 2. The van der Waals surface area contributed by atoms with Gasteiger partial charge in [0, 0.05) is 30.5 Å². The van der Waals surface area contributed by atoms with Gasteiger partial charge in [-0.1, -0.05) is 119 Å². The number of likely N-dealkylation sites (tertiary alicyclic amines) is 1. The van der Waals surface area contributed by atoms with Crippen molar-refractivity contribution in [1.29, 1.82) is 0 Å². The second-order valence-electron chi connectivity index (χ2n) is 15.1. The molecule has 0 aliphatic carbocycles. The molecule has 2 bridgehead atoms. The van der Waals surface area contributed by atoms with Crippen molar-refractivity contribution in [2.24, 2.45) is 11.8 Å². The van der Waals surface area contributed by atoms with Crippen LogP contribution in [0.25, 0.3) is 10.8 Å². The Balaban J connectivity index is 1.30. The number of benzene rings is 4. The molecule has 1 spiro atoms. The number of nitrogens with zero attached hydrogens (tertiary/aromatic N) is 3. The number of likely N-dealkylation sites (N-methyl/N-ethyl adjacent to an activating group) is 1. The van der Waals surface area contributed by atoms with E-state index in [1.54, 1.807) is 29.0 Å². The average molecular weight is 835 g/mol. The highest BCUT2D eigenvalue weighted by atomic mass is 79.9. The maximum atomic E-state index is 15.4. The van der Waals surface area contributed by atoms with Gasteiger partial charge in [0.1, 0.15) is 17.7 Å². The summed E-state index contributed by atoms with van der Waals surface area (Å²) in [5.74, 6) is -3.88. The molecular formula is C46H48BrN3O7. The Morgan fingerprint density at radius 2 is 1.61 bits per heavy atom. The van der Waals surface area contributed by atoms with Gasteiger partial charge in [-0.2, -0.15) is 0 Å².